The number of benzene rings is 3. The van der Waals surface area contributed by atoms with Gasteiger partial charge < -0.3 is 25.8 Å². The number of halogens is 1. The summed E-state index contributed by atoms with van der Waals surface area (Å²) in [6, 6.07) is 23.9. The molecular weight excluding hydrogens is 722 g/mol. The number of carbonyl (C=O) groups excluding carboxylic acids is 4. The van der Waals surface area contributed by atoms with Gasteiger partial charge in [0.05, 0.1) is 12.0 Å². The summed E-state index contributed by atoms with van der Waals surface area (Å²) in [4.78, 5) is 68.2. The molecule has 0 aliphatic carbocycles. The number of hydrogen-bond acceptors (Lipinski definition) is 7. The van der Waals surface area contributed by atoms with Crippen molar-refractivity contribution in [1.29, 1.82) is 0 Å². The molecule has 0 fully saturated rings. The van der Waals surface area contributed by atoms with Crippen LogP contribution in [0.1, 0.15) is 34.4 Å². The zero-order valence-corrected chi connectivity index (χ0v) is 29.6. The molecule has 0 spiro atoms. The van der Waals surface area contributed by atoms with E-state index in [1.54, 1.807) is 24.3 Å². The van der Waals surface area contributed by atoms with Crippen molar-refractivity contribution in [1.82, 2.24) is 16.0 Å². The van der Waals surface area contributed by atoms with Gasteiger partial charge in [-0.15, -0.1) is 11.3 Å². The van der Waals surface area contributed by atoms with E-state index < -0.39 is 53.5 Å². The van der Waals surface area contributed by atoms with Crippen molar-refractivity contribution in [2.24, 2.45) is 5.92 Å². The molecule has 260 valence electrons. The standard InChI is InChI=1S/C38H38BrN3O7S/c39-28-13-8-26(9-14-28)20-32-36(45)41-31(17-12-24-5-2-1-3-6-24)34(43)21-27(38(47)48)19-25-10-15-29(16-11-25)49-23-35(44)40-33(37(46)42-32)22-30-7-4-18-50-30/h1-11,13-16,18,27,31-33H,12,17,19-23H2,(H,40,44)(H,41,45)(H,42,46)(H,47,48)/t27-,31-,32+,33-/m1/s1. The Morgan fingerprint density at radius 2 is 1.44 bits per heavy atom. The molecule has 12 heteroatoms. The number of nitrogens with one attached hydrogen (secondary N) is 3. The first-order valence-corrected chi connectivity index (χ1v) is 18.0. The summed E-state index contributed by atoms with van der Waals surface area (Å²) in [6.45, 7) is -0.369. The molecule has 4 aromatic rings. The lowest BCUT2D eigenvalue weighted by Crippen LogP contribution is -2.57. The Labute approximate surface area is 302 Å². The molecule has 4 N–H and O–H groups in total. The van der Waals surface area contributed by atoms with Crippen molar-refractivity contribution in [3.8, 4) is 5.75 Å². The van der Waals surface area contributed by atoms with E-state index >= 15 is 0 Å². The van der Waals surface area contributed by atoms with Gasteiger partial charge in [0.1, 0.15) is 17.8 Å². The van der Waals surface area contributed by atoms with E-state index in [0.29, 0.717) is 17.7 Å². The van der Waals surface area contributed by atoms with Crippen LogP contribution in [0.3, 0.4) is 0 Å². The molecule has 2 aliphatic rings. The van der Waals surface area contributed by atoms with Gasteiger partial charge in [0, 0.05) is 28.6 Å². The lowest BCUT2D eigenvalue weighted by Gasteiger charge is -2.26. The highest BCUT2D eigenvalue weighted by Gasteiger charge is 2.32. The second-order valence-corrected chi connectivity index (χ2v) is 14.2. The monoisotopic (exact) mass is 759 g/mol. The summed E-state index contributed by atoms with van der Waals surface area (Å²) in [7, 11) is 0. The second-order valence-electron chi connectivity index (χ2n) is 12.2. The molecule has 6 rings (SSSR count). The summed E-state index contributed by atoms with van der Waals surface area (Å²) in [5.74, 6) is -3.93. The number of Topliss-reactive ketones (excluding diaryl/α,β-unsaturated/α-hetero) is 1. The van der Waals surface area contributed by atoms with E-state index in [1.807, 2.05) is 72.1 Å². The Morgan fingerprint density at radius 1 is 0.760 bits per heavy atom. The van der Waals surface area contributed by atoms with E-state index in [9.17, 15) is 29.1 Å². The predicted molar refractivity (Wildman–Crippen MR) is 193 cm³/mol. The van der Waals surface area contributed by atoms with Crippen molar-refractivity contribution < 1.29 is 33.8 Å². The van der Waals surface area contributed by atoms with Gasteiger partial charge in [-0.3, -0.25) is 24.0 Å². The Kier molecular flexibility index (Phi) is 12.9. The molecule has 3 heterocycles. The van der Waals surface area contributed by atoms with E-state index in [4.69, 9.17) is 4.74 Å². The summed E-state index contributed by atoms with van der Waals surface area (Å²) >= 11 is 4.86. The molecule has 0 saturated heterocycles. The van der Waals surface area contributed by atoms with Crippen LogP contribution in [0.4, 0.5) is 0 Å². The van der Waals surface area contributed by atoms with Crippen LogP contribution in [0.25, 0.3) is 0 Å². The predicted octanol–water partition coefficient (Wildman–Crippen LogP) is 4.68. The third-order valence-corrected chi connectivity index (χ3v) is 9.89. The molecule has 3 aromatic carbocycles. The topological polar surface area (TPSA) is 151 Å². The van der Waals surface area contributed by atoms with Gasteiger partial charge >= 0.3 is 5.97 Å². The number of fused-ring (bicyclic) bond motifs is 16. The van der Waals surface area contributed by atoms with Crippen LogP contribution in [0.5, 0.6) is 5.75 Å². The first-order chi connectivity index (χ1) is 24.1. The number of amides is 3. The molecule has 0 unspecified atom stereocenters. The minimum absolute atomic E-state index is 0.0772. The van der Waals surface area contributed by atoms with Crippen LogP contribution in [-0.4, -0.2) is 59.3 Å². The molecule has 0 saturated carbocycles. The van der Waals surface area contributed by atoms with Crippen LogP contribution in [0.15, 0.2) is 101 Å². The van der Waals surface area contributed by atoms with Crippen molar-refractivity contribution in [2.45, 2.75) is 56.7 Å². The first-order valence-electron chi connectivity index (χ1n) is 16.3. The van der Waals surface area contributed by atoms with Crippen LogP contribution >= 0.6 is 27.3 Å². The third-order valence-electron chi connectivity index (χ3n) is 8.47. The molecule has 3 amide bonds. The number of hydrogen-bond donors (Lipinski definition) is 4. The maximum atomic E-state index is 14.1. The van der Waals surface area contributed by atoms with Gasteiger partial charge in [0.2, 0.25) is 11.8 Å². The molecule has 1 aromatic heterocycles. The zero-order chi connectivity index (χ0) is 35.5. The number of ketones is 1. The van der Waals surface area contributed by atoms with E-state index in [2.05, 4.69) is 31.9 Å². The summed E-state index contributed by atoms with van der Waals surface area (Å²) in [5.41, 5.74) is 2.38. The van der Waals surface area contributed by atoms with E-state index in [0.717, 1.165) is 20.5 Å². The Bertz CT molecular complexity index is 1770. The SMILES string of the molecule is O=C1COc2ccc(cc2)C[C@@H](C(=O)O)CC(=O)[C@@H](CCc2ccccc2)NC(=O)[C@H](Cc2ccc(Br)cc2)NC(=O)[C@@H](Cc2cccs2)N1. The number of carbonyl (C=O) groups is 5. The molecule has 4 atom stereocenters. The van der Waals surface area contributed by atoms with E-state index in [-0.39, 0.29) is 38.7 Å². The fraction of sp³-hybridized carbons (Fsp3) is 0.289. The first kappa shape index (κ1) is 36.5. The lowest BCUT2D eigenvalue weighted by atomic mass is 9.90. The van der Waals surface area contributed by atoms with E-state index in [1.165, 1.54) is 11.3 Å². The highest BCUT2D eigenvalue weighted by atomic mass is 79.9. The third kappa shape index (κ3) is 10.8. The number of aryl methyl sites for hydroxylation is 1. The maximum Gasteiger partial charge on any atom is 0.307 e. The summed E-state index contributed by atoms with van der Waals surface area (Å²) in [5, 5.41) is 20.4. The fourth-order valence-electron chi connectivity index (χ4n) is 5.74. The number of thiophene rings is 1. The lowest BCUT2D eigenvalue weighted by molar-refractivity contribution is -0.144. The summed E-state index contributed by atoms with van der Waals surface area (Å²) in [6.07, 6.45) is 0.731. The minimum atomic E-state index is -1.13. The highest BCUT2D eigenvalue weighted by molar-refractivity contribution is 9.10. The number of ether oxygens (including phenoxy) is 1. The average molecular weight is 761 g/mol. The summed E-state index contributed by atoms with van der Waals surface area (Å²) < 4.78 is 6.51. The van der Waals surface area contributed by atoms with Crippen molar-refractivity contribution in [3.05, 3.63) is 122 Å². The van der Waals surface area contributed by atoms with Crippen molar-refractivity contribution in [2.75, 3.05) is 6.61 Å². The van der Waals surface area contributed by atoms with Crippen LogP contribution in [0.2, 0.25) is 0 Å². The van der Waals surface area contributed by atoms with Gasteiger partial charge in [0.25, 0.3) is 5.91 Å². The van der Waals surface area contributed by atoms with Crippen molar-refractivity contribution in [3.63, 3.8) is 0 Å². The van der Waals surface area contributed by atoms with Gasteiger partial charge in [-0.25, -0.2) is 0 Å². The number of carboxylic acids is 1. The largest absolute Gasteiger partial charge is 0.484 e. The van der Waals surface area contributed by atoms with Crippen LogP contribution in [-0.2, 0) is 49.7 Å². The maximum absolute atomic E-state index is 14.1. The molecule has 50 heavy (non-hydrogen) atoms. The molecule has 0 radical (unpaired) electrons. The van der Waals surface area contributed by atoms with Crippen molar-refractivity contribution >= 4 is 56.7 Å². The molecular formula is C38H38BrN3O7S. The molecule has 2 aliphatic heterocycles. The van der Waals surface area contributed by atoms with Gasteiger partial charge in [0.15, 0.2) is 12.4 Å². The molecule has 2 bridgehead atoms. The number of carboxylic acid groups (broad SMARTS) is 1. The van der Waals surface area contributed by atoms with Gasteiger partial charge in [-0.05, 0) is 71.7 Å². The Balaban J connectivity index is 1.48. The Hall–Kier alpha value is -4.81. The Morgan fingerprint density at radius 3 is 2.10 bits per heavy atom. The zero-order valence-electron chi connectivity index (χ0n) is 27.2. The smallest absolute Gasteiger partial charge is 0.307 e. The minimum Gasteiger partial charge on any atom is -0.484 e. The number of aliphatic carboxylic acids is 1. The normalized spacial score (nSPS) is 20.7. The van der Waals surface area contributed by atoms with Crippen LogP contribution < -0.4 is 20.7 Å². The second kappa shape index (κ2) is 17.7. The molecule has 10 nitrogen and oxygen atoms in total. The quantitative estimate of drug-likeness (QED) is 0.191. The van der Waals surface area contributed by atoms with Gasteiger partial charge in [-0.2, -0.15) is 0 Å². The highest BCUT2D eigenvalue weighted by Crippen LogP contribution is 2.20. The number of rotatable bonds is 8. The van der Waals surface area contributed by atoms with Gasteiger partial charge in [-0.1, -0.05) is 76.6 Å². The fourth-order valence-corrected chi connectivity index (χ4v) is 6.76. The van der Waals surface area contributed by atoms with Crippen LogP contribution in [0, 0.1) is 5.92 Å². The average Bonchev–Trinajstić information content (AvgIpc) is 3.63.